The first-order valence-corrected chi connectivity index (χ1v) is 13.8. The molecule has 0 aromatic heterocycles. The van der Waals surface area contributed by atoms with Crippen LogP contribution in [0.1, 0.15) is 41.5 Å². The van der Waals surface area contributed by atoms with E-state index < -0.39 is 0 Å². The van der Waals surface area contributed by atoms with E-state index in [0.29, 0.717) is 12.8 Å². The first-order chi connectivity index (χ1) is 17.2. The number of hydrogen-bond acceptors (Lipinski definition) is 5. The van der Waals surface area contributed by atoms with Crippen LogP contribution in [-0.4, -0.2) is 31.7 Å². The molecule has 0 saturated carbocycles. The molecule has 1 aliphatic carbocycles. The molecule has 0 bridgehead atoms. The molecule has 0 spiro atoms. The third-order valence-electron chi connectivity index (χ3n) is 6.49. The largest absolute Gasteiger partial charge is 0.494 e. The van der Waals surface area contributed by atoms with Crippen molar-refractivity contribution in [2.45, 2.75) is 45.1 Å². The summed E-state index contributed by atoms with van der Waals surface area (Å²) in [6.45, 7) is 1.54. The van der Waals surface area contributed by atoms with Gasteiger partial charge in [-0.25, -0.2) is 0 Å². The third kappa shape index (κ3) is 7.04. The molecule has 0 saturated heterocycles. The number of methoxy groups -OCH3 is 1. The topological polar surface area (TPSA) is 47.6 Å². The number of benzene rings is 3. The van der Waals surface area contributed by atoms with Crippen molar-refractivity contribution in [3.05, 3.63) is 82.9 Å². The van der Waals surface area contributed by atoms with Gasteiger partial charge in [0.1, 0.15) is 5.75 Å². The SMILES string of the molecule is COC(=O)CCc1ccc(NCc2ccc3c(c2)-c2ccc(OCCCSC)cc2CCC3)cc1. The molecule has 0 amide bonds. The number of esters is 1. The highest BCUT2D eigenvalue weighted by molar-refractivity contribution is 7.98. The number of anilines is 1. The molecule has 0 aliphatic heterocycles. The maximum atomic E-state index is 11.4. The molecule has 0 unspecified atom stereocenters. The quantitative estimate of drug-likeness (QED) is 0.240. The van der Waals surface area contributed by atoms with Crippen LogP contribution in [0, 0.1) is 0 Å². The van der Waals surface area contributed by atoms with E-state index in [1.165, 1.54) is 34.9 Å². The summed E-state index contributed by atoms with van der Waals surface area (Å²) in [6.07, 6.45) is 7.67. The molecule has 5 heteroatoms. The zero-order valence-electron chi connectivity index (χ0n) is 20.8. The average molecular weight is 490 g/mol. The summed E-state index contributed by atoms with van der Waals surface area (Å²) in [5.41, 5.74) is 8.98. The number of rotatable bonds is 11. The van der Waals surface area contributed by atoms with E-state index in [2.05, 4.69) is 72.2 Å². The molecule has 0 atom stereocenters. The van der Waals surface area contributed by atoms with Gasteiger partial charge in [-0.05, 0) is 108 Å². The van der Waals surface area contributed by atoms with Gasteiger partial charge in [-0.2, -0.15) is 11.8 Å². The molecule has 35 heavy (non-hydrogen) atoms. The minimum Gasteiger partial charge on any atom is -0.494 e. The molecule has 4 rings (SSSR count). The van der Waals surface area contributed by atoms with E-state index in [9.17, 15) is 4.79 Å². The van der Waals surface area contributed by atoms with Crippen LogP contribution in [0.3, 0.4) is 0 Å². The molecule has 0 radical (unpaired) electrons. The van der Waals surface area contributed by atoms with E-state index in [1.807, 2.05) is 11.8 Å². The van der Waals surface area contributed by atoms with E-state index in [-0.39, 0.29) is 5.97 Å². The molecular weight excluding hydrogens is 454 g/mol. The molecule has 184 valence electrons. The van der Waals surface area contributed by atoms with Gasteiger partial charge in [0.05, 0.1) is 13.7 Å². The summed E-state index contributed by atoms with van der Waals surface area (Å²) in [5, 5.41) is 3.54. The first-order valence-electron chi connectivity index (χ1n) is 12.4. The zero-order chi connectivity index (χ0) is 24.5. The molecule has 1 N–H and O–H groups in total. The van der Waals surface area contributed by atoms with Crippen LogP contribution in [0.5, 0.6) is 5.75 Å². The van der Waals surface area contributed by atoms with Crippen molar-refractivity contribution in [2.24, 2.45) is 0 Å². The number of carbonyl (C=O) groups excluding carboxylic acids is 1. The molecule has 0 heterocycles. The summed E-state index contributed by atoms with van der Waals surface area (Å²) >= 11 is 1.86. The van der Waals surface area contributed by atoms with E-state index in [0.717, 1.165) is 61.6 Å². The lowest BCUT2D eigenvalue weighted by Gasteiger charge is -2.14. The van der Waals surface area contributed by atoms with Gasteiger partial charge in [-0.3, -0.25) is 4.79 Å². The average Bonchev–Trinajstić information content (AvgIpc) is 3.07. The van der Waals surface area contributed by atoms with Gasteiger partial charge in [0.15, 0.2) is 0 Å². The van der Waals surface area contributed by atoms with Crippen molar-refractivity contribution in [1.29, 1.82) is 0 Å². The number of aryl methyl sites for hydroxylation is 3. The number of nitrogens with one attached hydrogen (secondary N) is 1. The lowest BCUT2D eigenvalue weighted by Crippen LogP contribution is -2.03. The molecule has 0 fully saturated rings. The third-order valence-corrected chi connectivity index (χ3v) is 7.19. The maximum absolute atomic E-state index is 11.4. The number of hydrogen-bond donors (Lipinski definition) is 1. The van der Waals surface area contributed by atoms with Crippen molar-refractivity contribution in [3.63, 3.8) is 0 Å². The Bertz CT molecular complexity index is 1130. The number of ether oxygens (including phenoxy) is 2. The standard InChI is InChI=1S/C30H35NO3S/c1-33-30(32)16-10-22-8-12-26(13-9-22)31-21-23-7-11-24-5-3-6-25-20-27(34-17-4-18-35-2)14-15-28(25)29(24)19-23/h7-9,11-15,19-20,31H,3-6,10,16-18,21H2,1-2H3. The molecule has 3 aromatic carbocycles. The van der Waals surface area contributed by atoms with Gasteiger partial charge in [0, 0.05) is 18.7 Å². The fourth-order valence-electron chi connectivity index (χ4n) is 4.54. The van der Waals surface area contributed by atoms with E-state index in [1.54, 1.807) is 0 Å². The van der Waals surface area contributed by atoms with Crippen LogP contribution in [0.2, 0.25) is 0 Å². The van der Waals surface area contributed by atoms with Crippen molar-refractivity contribution in [1.82, 2.24) is 0 Å². The predicted octanol–water partition coefficient (Wildman–Crippen LogP) is 6.69. The van der Waals surface area contributed by atoms with Gasteiger partial charge in [0.25, 0.3) is 0 Å². The van der Waals surface area contributed by atoms with Crippen LogP contribution in [0.15, 0.2) is 60.7 Å². The lowest BCUT2D eigenvalue weighted by atomic mass is 9.94. The highest BCUT2D eigenvalue weighted by atomic mass is 32.2. The fraction of sp³-hybridized carbons (Fsp3) is 0.367. The van der Waals surface area contributed by atoms with Gasteiger partial charge in [0.2, 0.25) is 0 Å². The number of carbonyl (C=O) groups is 1. The van der Waals surface area contributed by atoms with Gasteiger partial charge < -0.3 is 14.8 Å². The zero-order valence-corrected chi connectivity index (χ0v) is 21.6. The maximum Gasteiger partial charge on any atom is 0.305 e. The van der Waals surface area contributed by atoms with Crippen LogP contribution in [0.25, 0.3) is 11.1 Å². The second-order valence-electron chi connectivity index (χ2n) is 8.99. The second-order valence-corrected chi connectivity index (χ2v) is 9.97. The Morgan fingerprint density at radius 1 is 0.943 bits per heavy atom. The van der Waals surface area contributed by atoms with Crippen LogP contribution < -0.4 is 10.1 Å². The monoisotopic (exact) mass is 489 g/mol. The van der Waals surface area contributed by atoms with Crippen LogP contribution in [-0.2, 0) is 35.3 Å². The summed E-state index contributed by atoms with van der Waals surface area (Å²) in [5.74, 6) is 1.95. The Morgan fingerprint density at radius 2 is 1.74 bits per heavy atom. The lowest BCUT2D eigenvalue weighted by molar-refractivity contribution is -0.140. The normalized spacial score (nSPS) is 12.3. The molecule has 1 aliphatic rings. The second kappa shape index (κ2) is 12.7. The smallest absolute Gasteiger partial charge is 0.305 e. The van der Waals surface area contributed by atoms with Crippen LogP contribution >= 0.6 is 11.8 Å². The van der Waals surface area contributed by atoms with Crippen molar-refractivity contribution >= 4 is 23.4 Å². The first kappa shape index (κ1) is 25.2. The minimum absolute atomic E-state index is 0.174. The predicted molar refractivity (Wildman–Crippen MR) is 147 cm³/mol. The highest BCUT2D eigenvalue weighted by Gasteiger charge is 2.16. The Kier molecular flexibility index (Phi) is 9.13. The summed E-state index contributed by atoms with van der Waals surface area (Å²) < 4.78 is 10.7. The highest BCUT2D eigenvalue weighted by Crippen LogP contribution is 2.35. The van der Waals surface area contributed by atoms with Crippen molar-refractivity contribution in [3.8, 4) is 16.9 Å². The Labute approximate surface area is 213 Å². The van der Waals surface area contributed by atoms with E-state index >= 15 is 0 Å². The van der Waals surface area contributed by atoms with E-state index in [4.69, 9.17) is 9.47 Å². The van der Waals surface area contributed by atoms with Gasteiger partial charge in [-0.15, -0.1) is 0 Å². The molecular formula is C30H35NO3S. The van der Waals surface area contributed by atoms with Crippen LogP contribution in [0.4, 0.5) is 5.69 Å². The van der Waals surface area contributed by atoms with Crippen molar-refractivity contribution < 1.29 is 14.3 Å². The Morgan fingerprint density at radius 3 is 2.54 bits per heavy atom. The summed E-state index contributed by atoms with van der Waals surface area (Å²) in [6, 6.07) is 21.8. The fourth-order valence-corrected chi connectivity index (χ4v) is 4.94. The number of thioether (sulfide) groups is 1. The number of fused-ring (bicyclic) bond motifs is 3. The van der Waals surface area contributed by atoms with Gasteiger partial charge >= 0.3 is 5.97 Å². The van der Waals surface area contributed by atoms with Gasteiger partial charge in [-0.1, -0.05) is 30.3 Å². The molecule has 3 aromatic rings. The van der Waals surface area contributed by atoms with Crippen molar-refractivity contribution in [2.75, 3.05) is 31.0 Å². The molecule has 4 nitrogen and oxygen atoms in total. The minimum atomic E-state index is -0.174. The summed E-state index contributed by atoms with van der Waals surface area (Å²) in [4.78, 5) is 11.4. The Hall–Kier alpha value is -2.92. The Balaban J connectivity index is 1.42. The summed E-state index contributed by atoms with van der Waals surface area (Å²) in [7, 11) is 1.43.